The summed E-state index contributed by atoms with van der Waals surface area (Å²) in [7, 11) is 0. The van der Waals surface area contributed by atoms with Gasteiger partial charge in [-0.05, 0) is 29.8 Å². The zero-order valence-corrected chi connectivity index (χ0v) is 29.6. The Morgan fingerprint density at radius 1 is 0.407 bits per heavy atom. The SMILES string of the molecule is c1ccc(-c2nc(-c3ccccc3)nc(-c3cccc(-c4nc5cccc(-c6cccc7c6sc6ccccc67)c5c5oc6ccccc6c45)c3)n2)cc1. The van der Waals surface area contributed by atoms with Crippen LogP contribution in [0.2, 0.25) is 0 Å². The fourth-order valence-corrected chi connectivity index (χ4v) is 8.87. The van der Waals surface area contributed by atoms with Gasteiger partial charge < -0.3 is 4.42 Å². The molecule has 11 aromatic rings. The monoisotopic (exact) mass is 708 g/mol. The molecule has 11 rings (SSSR count). The highest BCUT2D eigenvalue weighted by Gasteiger charge is 2.22. The van der Waals surface area contributed by atoms with Crippen molar-refractivity contribution in [2.45, 2.75) is 0 Å². The van der Waals surface area contributed by atoms with E-state index in [1.54, 1.807) is 0 Å². The molecule has 6 heteroatoms. The third-order valence-corrected chi connectivity index (χ3v) is 11.3. The zero-order chi connectivity index (χ0) is 35.6. The Morgan fingerprint density at radius 2 is 0.981 bits per heavy atom. The van der Waals surface area contributed by atoms with Crippen LogP contribution in [0.4, 0.5) is 0 Å². The Morgan fingerprint density at radius 3 is 1.76 bits per heavy atom. The molecule has 252 valence electrons. The number of hydrogen-bond acceptors (Lipinski definition) is 6. The number of thiophene rings is 1. The molecule has 0 aliphatic carbocycles. The molecule has 0 aliphatic rings. The molecule has 4 aromatic heterocycles. The van der Waals surface area contributed by atoms with E-state index in [0.717, 1.165) is 66.4 Å². The number of benzene rings is 7. The van der Waals surface area contributed by atoms with Crippen LogP contribution in [0.5, 0.6) is 0 Å². The molecule has 54 heavy (non-hydrogen) atoms. The lowest BCUT2D eigenvalue weighted by Crippen LogP contribution is -2.00. The van der Waals surface area contributed by atoms with Gasteiger partial charge in [-0.25, -0.2) is 19.9 Å². The molecule has 0 unspecified atom stereocenters. The molecule has 4 heterocycles. The van der Waals surface area contributed by atoms with E-state index in [2.05, 4.69) is 97.1 Å². The number of para-hydroxylation sites is 1. The van der Waals surface area contributed by atoms with Crippen LogP contribution in [-0.4, -0.2) is 19.9 Å². The number of nitrogens with zero attached hydrogens (tertiary/aromatic N) is 4. The quantitative estimate of drug-likeness (QED) is 0.178. The maximum atomic E-state index is 6.84. The highest BCUT2D eigenvalue weighted by atomic mass is 32.1. The fourth-order valence-electron chi connectivity index (χ4n) is 7.64. The lowest BCUT2D eigenvalue weighted by atomic mass is 9.95. The van der Waals surface area contributed by atoms with Crippen LogP contribution >= 0.6 is 11.3 Å². The highest BCUT2D eigenvalue weighted by Crippen LogP contribution is 2.46. The summed E-state index contributed by atoms with van der Waals surface area (Å²) in [5, 5.41) is 5.55. The summed E-state index contributed by atoms with van der Waals surface area (Å²) in [6.45, 7) is 0. The van der Waals surface area contributed by atoms with E-state index in [1.165, 1.54) is 25.7 Å². The van der Waals surface area contributed by atoms with E-state index in [4.69, 9.17) is 24.4 Å². The molecule has 0 radical (unpaired) electrons. The van der Waals surface area contributed by atoms with Gasteiger partial charge in [-0.2, -0.15) is 0 Å². The van der Waals surface area contributed by atoms with Crippen molar-refractivity contribution in [1.29, 1.82) is 0 Å². The fraction of sp³-hybridized carbons (Fsp3) is 0. The average molecular weight is 709 g/mol. The van der Waals surface area contributed by atoms with Crippen molar-refractivity contribution < 1.29 is 4.42 Å². The highest BCUT2D eigenvalue weighted by molar-refractivity contribution is 7.26. The molecule has 0 spiro atoms. The first-order valence-corrected chi connectivity index (χ1v) is 18.7. The minimum atomic E-state index is 0.595. The second kappa shape index (κ2) is 12.3. The van der Waals surface area contributed by atoms with E-state index < -0.39 is 0 Å². The molecule has 0 saturated heterocycles. The van der Waals surface area contributed by atoms with E-state index in [0.29, 0.717) is 17.5 Å². The number of furan rings is 1. The van der Waals surface area contributed by atoms with Crippen LogP contribution in [0.1, 0.15) is 0 Å². The molecule has 0 N–H and O–H groups in total. The normalized spacial score (nSPS) is 11.7. The molecule has 0 atom stereocenters. The van der Waals surface area contributed by atoms with Crippen molar-refractivity contribution >= 4 is 64.4 Å². The number of fused-ring (bicyclic) bond motifs is 8. The van der Waals surface area contributed by atoms with E-state index in [1.807, 2.05) is 84.1 Å². The standard InChI is InChI=1S/C48H28N4OS/c1-3-14-29(15-4-1)46-50-47(30-16-5-2-6-17-30)52-48(51-46)32-19-11-18-31(28-32)43-42-37-21-7-9-26-39(37)53-44(42)41-34(22-13-25-38(41)49-43)36-24-12-23-35-33-20-8-10-27-40(33)54-45(35)36/h1-28H. The second-order valence-electron chi connectivity index (χ2n) is 13.4. The van der Waals surface area contributed by atoms with Crippen LogP contribution < -0.4 is 0 Å². The van der Waals surface area contributed by atoms with E-state index >= 15 is 0 Å². The summed E-state index contributed by atoms with van der Waals surface area (Å²) in [6, 6.07) is 58.4. The molecule has 0 fully saturated rings. The Labute approximate surface area is 313 Å². The summed E-state index contributed by atoms with van der Waals surface area (Å²) in [4.78, 5) is 20.4. The molecule has 0 bridgehead atoms. The van der Waals surface area contributed by atoms with Gasteiger partial charge in [0.1, 0.15) is 11.2 Å². The number of pyridine rings is 1. The van der Waals surface area contributed by atoms with Crippen molar-refractivity contribution in [3.63, 3.8) is 0 Å². The summed E-state index contributed by atoms with van der Waals surface area (Å²) in [5.74, 6) is 1.84. The van der Waals surface area contributed by atoms with Gasteiger partial charge in [0.05, 0.1) is 22.0 Å². The van der Waals surface area contributed by atoms with Gasteiger partial charge >= 0.3 is 0 Å². The van der Waals surface area contributed by atoms with Crippen molar-refractivity contribution in [2.24, 2.45) is 0 Å². The average Bonchev–Trinajstić information content (AvgIpc) is 3.83. The predicted molar refractivity (Wildman–Crippen MR) is 222 cm³/mol. The predicted octanol–water partition coefficient (Wildman–Crippen LogP) is 13.0. The van der Waals surface area contributed by atoms with Gasteiger partial charge in [0.25, 0.3) is 0 Å². The first-order valence-electron chi connectivity index (χ1n) is 17.9. The van der Waals surface area contributed by atoms with Crippen molar-refractivity contribution in [3.8, 4) is 56.5 Å². The first-order chi connectivity index (χ1) is 26.8. The Balaban J connectivity index is 1.14. The van der Waals surface area contributed by atoms with Crippen molar-refractivity contribution in [2.75, 3.05) is 0 Å². The molecular weight excluding hydrogens is 681 g/mol. The van der Waals surface area contributed by atoms with Crippen LogP contribution in [0.25, 0.3) is 110 Å². The number of rotatable bonds is 5. The van der Waals surface area contributed by atoms with Crippen molar-refractivity contribution in [1.82, 2.24) is 19.9 Å². The minimum Gasteiger partial charge on any atom is -0.455 e. The smallest absolute Gasteiger partial charge is 0.164 e. The van der Waals surface area contributed by atoms with E-state index in [9.17, 15) is 0 Å². The number of hydrogen-bond donors (Lipinski definition) is 0. The Kier molecular flexibility index (Phi) is 6.97. The largest absolute Gasteiger partial charge is 0.455 e. The molecular formula is C48H28N4OS. The zero-order valence-electron chi connectivity index (χ0n) is 28.8. The summed E-state index contributed by atoms with van der Waals surface area (Å²) in [5.41, 5.74) is 9.34. The first kappa shape index (κ1) is 30.6. The van der Waals surface area contributed by atoms with Gasteiger partial charge in [0, 0.05) is 53.4 Å². The summed E-state index contributed by atoms with van der Waals surface area (Å²) >= 11 is 1.83. The third kappa shape index (κ3) is 4.92. The summed E-state index contributed by atoms with van der Waals surface area (Å²) in [6.07, 6.45) is 0. The lowest BCUT2D eigenvalue weighted by molar-refractivity contribution is 0.672. The van der Waals surface area contributed by atoms with Crippen LogP contribution in [0.15, 0.2) is 174 Å². The van der Waals surface area contributed by atoms with Crippen LogP contribution in [0, 0.1) is 0 Å². The topological polar surface area (TPSA) is 64.7 Å². The number of aromatic nitrogens is 4. The molecule has 0 amide bonds. The maximum absolute atomic E-state index is 6.84. The Hall–Kier alpha value is -7.02. The Bertz CT molecular complexity index is 3170. The molecule has 7 aromatic carbocycles. The van der Waals surface area contributed by atoms with Crippen molar-refractivity contribution in [3.05, 3.63) is 170 Å². The molecule has 0 saturated carbocycles. The third-order valence-electron chi connectivity index (χ3n) is 10.1. The maximum Gasteiger partial charge on any atom is 0.164 e. The minimum absolute atomic E-state index is 0.595. The van der Waals surface area contributed by atoms with Crippen LogP contribution in [0.3, 0.4) is 0 Å². The van der Waals surface area contributed by atoms with Gasteiger partial charge in [0.2, 0.25) is 0 Å². The summed E-state index contributed by atoms with van der Waals surface area (Å²) < 4.78 is 9.37. The van der Waals surface area contributed by atoms with E-state index in [-0.39, 0.29) is 0 Å². The molecule has 5 nitrogen and oxygen atoms in total. The second-order valence-corrected chi connectivity index (χ2v) is 14.4. The van der Waals surface area contributed by atoms with Gasteiger partial charge in [-0.15, -0.1) is 11.3 Å². The molecule has 0 aliphatic heterocycles. The van der Waals surface area contributed by atoms with Gasteiger partial charge in [-0.3, -0.25) is 0 Å². The van der Waals surface area contributed by atoms with Gasteiger partial charge in [-0.1, -0.05) is 146 Å². The van der Waals surface area contributed by atoms with Gasteiger partial charge in [0.15, 0.2) is 17.5 Å². The lowest BCUT2D eigenvalue weighted by Gasteiger charge is -2.12. The van der Waals surface area contributed by atoms with Crippen LogP contribution in [-0.2, 0) is 0 Å².